The van der Waals surface area contributed by atoms with Crippen LogP contribution < -0.4 is 0 Å². The lowest BCUT2D eigenvalue weighted by Gasteiger charge is -2.02. The van der Waals surface area contributed by atoms with Crippen LogP contribution in [0, 0.1) is 0 Å². The topological polar surface area (TPSA) is 93.1 Å². The second-order valence-electron chi connectivity index (χ2n) is 2.22. The molecule has 6 nitrogen and oxygen atoms in total. The normalized spacial score (nSPS) is 9.85. The molecule has 0 heterocycles. The lowest BCUT2D eigenvalue weighted by molar-refractivity contribution is -0.140. The molecule has 13 heavy (non-hydrogen) atoms. The summed E-state index contributed by atoms with van der Waals surface area (Å²) in [5.74, 6) is -1.88. The number of rotatable bonds is 8. The first-order valence-electron chi connectivity index (χ1n) is 3.72. The first-order chi connectivity index (χ1) is 6.13. The molecule has 2 N–H and O–H groups in total. The van der Waals surface area contributed by atoms with Crippen molar-refractivity contribution < 1.29 is 29.3 Å². The summed E-state index contributed by atoms with van der Waals surface area (Å²) in [6.45, 7) is 0.0748. The van der Waals surface area contributed by atoms with E-state index in [0.717, 1.165) is 0 Å². The van der Waals surface area contributed by atoms with Gasteiger partial charge in [-0.05, 0) is 0 Å². The fraction of sp³-hybridized carbons (Fsp3) is 0.714. The first kappa shape index (κ1) is 11.9. The third kappa shape index (κ3) is 10.9. The number of hydrogen-bond donors (Lipinski definition) is 2. The summed E-state index contributed by atoms with van der Waals surface area (Å²) >= 11 is 0. The number of carbonyl (C=O) groups is 2. The van der Waals surface area contributed by atoms with Gasteiger partial charge in [0, 0.05) is 0 Å². The quantitative estimate of drug-likeness (QED) is 0.413. The molecule has 0 amide bonds. The Labute approximate surface area is 75.1 Å². The van der Waals surface area contributed by atoms with Crippen LogP contribution in [0.3, 0.4) is 0 Å². The second-order valence-corrected chi connectivity index (χ2v) is 2.22. The molecule has 6 heteroatoms. The van der Waals surface area contributed by atoms with Crippen molar-refractivity contribution in [3.63, 3.8) is 0 Å². The Bertz CT molecular complexity index is 148. The van der Waals surface area contributed by atoms with Gasteiger partial charge < -0.3 is 19.7 Å². The maximum absolute atomic E-state index is 9.98. The number of aliphatic carboxylic acids is 2. The van der Waals surface area contributed by atoms with Crippen LogP contribution in [0.25, 0.3) is 0 Å². The van der Waals surface area contributed by atoms with Gasteiger partial charge in [0.25, 0.3) is 0 Å². The molecule has 76 valence electrons. The predicted octanol–water partition coefficient (Wildman–Crippen LogP) is -0.0735. The Kier molecular flexibility index (Phi) is 6.85. The Balaban J connectivity index is 3.00. The van der Waals surface area contributed by atoms with E-state index in [1.165, 1.54) is 0 Å². The maximum Gasteiger partial charge on any atom is 0.305 e. The largest absolute Gasteiger partial charge is 0.481 e. The maximum atomic E-state index is 9.98. The van der Waals surface area contributed by atoms with E-state index in [1.54, 1.807) is 0 Å². The third-order valence-corrected chi connectivity index (χ3v) is 1.09. The Hall–Kier alpha value is -1.14. The summed E-state index contributed by atoms with van der Waals surface area (Å²) in [6, 6.07) is 0. The number of ether oxygens (including phenoxy) is 2. The van der Waals surface area contributed by atoms with Crippen LogP contribution in [0.15, 0.2) is 0 Å². The van der Waals surface area contributed by atoms with Crippen molar-refractivity contribution in [3.8, 4) is 0 Å². The van der Waals surface area contributed by atoms with Gasteiger partial charge in [-0.1, -0.05) is 0 Å². The zero-order valence-corrected chi connectivity index (χ0v) is 7.06. The highest BCUT2D eigenvalue weighted by Gasteiger charge is 1.97. The zero-order valence-electron chi connectivity index (χ0n) is 7.06. The molecular formula is C7H12O6. The van der Waals surface area contributed by atoms with Crippen LogP contribution >= 0.6 is 0 Å². The van der Waals surface area contributed by atoms with Crippen LogP contribution in [-0.4, -0.2) is 42.2 Å². The highest BCUT2D eigenvalue weighted by atomic mass is 16.7. The van der Waals surface area contributed by atoms with E-state index in [2.05, 4.69) is 0 Å². The average molecular weight is 192 g/mol. The van der Waals surface area contributed by atoms with Gasteiger partial charge in [0.1, 0.15) is 6.79 Å². The van der Waals surface area contributed by atoms with Crippen LogP contribution in [0.5, 0.6) is 0 Å². The van der Waals surface area contributed by atoms with Crippen molar-refractivity contribution >= 4 is 11.9 Å². The third-order valence-electron chi connectivity index (χ3n) is 1.09. The molecule has 0 atom stereocenters. The minimum Gasteiger partial charge on any atom is -0.481 e. The molecule has 0 rings (SSSR count). The minimum atomic E-state index is -0.939. The fourth-order valence-corrected chi connectivity index (χ4v) is 0.496. The van der Waals surface area contributed by atoms with Gasteiger partial charge in [-0.2, -0.15) is 0 Å². The van der Waals surface area contributed by atoms with E-state index in [0.29, 0.717) is 0 Å². The van der Waals surface area contributed by atoms with Crippen molar-refractivity contribution in [2.75, 3.05) is 20.0 Å². The van der Waals surface area contributed by atoms with Crippen molar-refractivity contribution in [2.45, 2.75) is 12.8 Å². The van der Waals surface area contributed by atoms with Gasteiger partial charge in [0.05, 0.1) is 26.1 Å². The molecule has 0 spiro atoms. The van der Waals surface area contributed by atoms with Gasteiger partial charge in [-0.15, -0.1) is 0 Å². The van der Waals surface area contributed by atoms with E-state index in [1.807, 2.05) is 0 Å². The highest BCUT2D eigenvalue weighted by molar-refractivity contribution is 5.67. The second kappa shape index (κ2) is 7.51. The van der Waals surface area contributed by atoms with E-state index in [9.17, 15) is 9.59 Å². The molecule has 0 aromatic carbocycles. The van der Waals surface area contributed by atoms with E-state index in [-0.39, 0.29) is 32.8 Å². The summed E-state index contributed by atoms with van der Waals surface area (Å²) in [4.78, 5) is 20.0. The summed E-state index contributed by atoms with van der Waals surface area (Å²) in [5, 5.41) is 16.4. The molecule has 0 unspecified atom stereocenters. The lowest BCUT2D eigenvalue weighted by atomic mass is 10.5. The predicted molar refractivity (Wildman–Crippen MR) is 41.3 cm³/mol. The highest BCUT2D eigenvalue weighted by Crippen LogP contribution is 1.86. The van der Waals surface area contributed by atoms with Crippen molar-refractivity contribution in [1.29, 1.82) is 0 Å². The molecule has 0 aliphatic rings. The average Bonchev–Trinajstić information content (AvgIpc) is 2.01. The van der Waals surface area contributed by atoms with Crippen LogP contribution in [-0.2, 0) is 19.1 Å². The number of carboxylic acid groups (broad SMARTS) is 2. The molecule has 0 aliphatic heterocycles. The molecule has 0 aromatic heterocycles. The standard InChI is InChI=1S/C7H12O6/c8-6(9)1-3-12-5-13-4-2-7(10)11/h1-5H2,(H,8,9)(H,10,11). The molecule has 0 saturated carbocycles. The van der Waals surface area contributed by atoms with Gasteiger partial charge in [0.15, 0.2) is 0 Å². The molecule has 0 aliphatic carbocycles. The molecule has 0 aromatic rings. The van der Waals surface area contributed by atoms with Crippen molar-refractivity contribution in [2.24, 2.45) is 0 Å². The molecule has 0 fully saturated rings. The number of hydrogen-bond acceptors (Lipinski definition) is 4. The van der Waals surface area contributed by atoms with Crippen molar-refractivity contribution in [3.05, 3.63) is 0 Å². The number of carboxylic acids is 2. The zero-order chi connectivity index (χ0) is 10.1. The Morgan fingerprint density at radius 3 is 1.62 bits per heavy atom. The Morgan fingerprint density at radius 1 is 0.923 bits per heavy atom. The first-order valence-corrected chi connectivity index (χ1v) is 3.72. The summed E-state index contributed by atoms with van der Waals surface area (Å²) in [6.07, 6.45) is -0.162. The molecule has 0 saturated heterocycles. The van der Waals surface area contributed by atoms with Gasteiger partial charge in [0.2, 0.25) is 0 Å². The molecular weight excluding hydrogens is 180 g/mol. The molecule has 0 radical (unpaired) electrons. The lowest BCUT2D eigenvalue weighted by Crippen LogP contribution is -2.08. The van der Waals surface area contributed by atoms with Gasteiger partial charge >= 0.3 is 11.9 Å². The van der Waals surface area contributed by atoms with E-state index in [4.69, 9.17) is 19.7 Å². The molecule has 0 bridgehead atoms. The van der Waals surface area contributed by atoms with E-state index >= 15 is 0 Å². The minimum absolute atomic E-state index is 0.0689. The summed E-state index contributed by atoms with van der Waals surface area (Å²) in [7, 11) is 0. The smallest absolute Gasteiger partial charge is 0.305 e. The van der Waals surface area contributed by atoms with Crippen LogP contribution in [0.1, 0.15) is 12.8 Å². The van der Waals surface area contributed by atoms with Crippen LogP contribution in [0.2, 0.25) is 0 Å². The monoisotopic (exact) mass is 192 g/mol. The van der Waals surface area contributed by atoms with Gasteiger partial charge in [-0.25, -0.2) is 0 Å². The SMILES string of the molecule is O=C(O)CCOCOCCC(=O)O. The van der Waals surface area contributed by atoms with E-state index < -0.39 is 11.9 Å². The van der Waals surface area contributed by atoms with Crippen LogP contribution in [0.4, 0.5) is 0 Å². The fourth-order valence-electron chi connectivity index (χ4n) is 0.496. The van der Waals surface area contributed by atoms with Gasteiger partial charge in [-0.3, -0.25) is 9.59 Å². The Morgan fingerprint density at radius 2 is 1.31 bits per heavy atom. The van der Waals surface area contributed by atoms with Crippen molar-refractivity contribution in [1.82, 2.24) is 0 Å². The summed E-state index contributed by atoms with van der Waals surface area (Å²) < 4.78 is 9.46. The summed E-state index contributed by atoms with van der Waals surface area (Å²) in [5.41, 5.74) is 0.